The summed E-state index contributed by atoms with van der Waals surface area (Å²) >= 11 is 0. The van der Waals surface area contributed by atoms with E-state index in [1.165, 1.54) is 0 Å². The van der Waals surface area contributed by atoms with Crippen molar-refractivity contribution in [3.05, 3.63) is 0 Å². The molecule has 1 amide bonds. The molecule has 0 aromatic rings. The van der Waals surface area contributed by atoms with Gasteiger partial charge in [0, 0.05) is 12.0 Å². The zero-order chi connectivity index (χ0) is 8.01. The van der Waals surface area contributed by atoms with Crippen molar-refractivity contribution in [1.82, 2.24) is 0 Å². The van der Waals surface area contributed by atoms with Crippen LogP contribution in [0.5, 0.6) is 0 Å². The van der Waals surface area contributed by atoms with Gasteiger partial charge in [-0.1, -0.05) is 0 Å². The predicted octanol–water partition coefficient (Wildman–Crippen LogP) is 0.267. The third-order valence-electron chi connectivity index (χ3n) is 3.28. The lowest BCUT2D eigenvalue weighted by atomic mass is 9.72. The highest BCUT2D eigenvalue weighted by Crippen LogP contribution is 2.48. The highest BCUT2D eigenvalue weighted by Gasteiger charge is 2.47. The number of carbonyl (C=O) groups excluding carboxylic acids is 1. The second-order valence-electron chi connectivity index (χ2n) is 3.89. The van der Waals surface area contributed by atoms with Crippen LogP contribution in [-0.2, 0) is 4.79 Å². The van der Waals surface area contributed by atoms with Crippen LogP contribution in [-0.4, -0.2) is 11.9 Å². The Balaban J connectivity index is 0.000000720. The van der Waals surface area contributed by atoms with Gasteiger partial charge >= 0.3 is 0 Å². The van der Waals surface area contributed by atoms with Gasteiger partial charge in [0.05, 0.1) is 0 Å². The molecule has 2 saturated carbocycles. The minimum absolute atomic E-state index is 0. The standard InChI is InChI=1S/C8H14N2O.ClH/c9-7-3-4-1-5(8(10)11)2-6(4)7;/h4-7H,1-3,9H2,(H2,10,11);1H. The fourth-order valence-corrected chi connectivity index (χ4v) is 2.51. The summed E-state index contributed by atoms with van der Waals surface area (Å²) in [7, 11) is 0. The molecule has 70 valence electrons. The maximum Gasteiger partial charge on any atom is 0.220 e. The van der Waals surface area contributed by atoms with E-state index < -0.39 is 0 Å². The monoisotopic (exact) mass is 190 g/mol. The average molecular weight is 191 g/mol. The topological polar surface area (TPSA) is 69.1 Å². The number of fused-ring (bicyclic) bond motifs is 1. The van der Waals surface area contributed by atoms with Gasteiger partial charge in [0.25, 0.3) is 0 Å². The first kappa shape index (κ1) is 9.81. The van der Waals surface area contributed by atoms with E-state index in [4.69, 9.17) is 11.5 Å². The molecule has 4 heteroatoms. The van der Waals surface area contributed by atoms with Gasteiger partial charge in [0.1, 0.15) is 0 Å². The number of carbonyl (C=O) groups is 1. The average Bonchev–Trinajstić information content (AvgIpc) is 2.26. The maximum atomic E-state index is 10.8. The highest BCUT2D eigenvalue weighted by molar-refractivity contribution is 5.85. The minimum atomic E-state index is -0.133. The van der Waals surface area contributed by atoms with Gasteiger partial charge in [-0.3, -0.25) is 4.79 Å². The van der Waals surface area contributed by atoms with Crippen molar-refractivity contribution in [3.8, 4) is 0 Å². The summed E-state index contributed by atoms with van der Waals surface area (Å²) in [5.41, 5.74) is 11.0. The van der Waals surface area contributed by atoms with E-state index in [0.717, 1.165) is 19.3 Å². The maximum absolute atomic E-state index is 10.8. The Labute approximate surface area is 78.3 Å². The molecule has 0 heterocycles. The second kappa shape index (κ2) is 3.23. The van der Waals surface area contributed by atoms with E-state index >= 15 is 0 Å². The van der Waals surface area contributed by atoms with Crippen LogP contribution in [0.1, 0.15) is 19.3 Å². The summed E-state index contributed by atoms with van der Waals surface area (Å²) in [4.78, 5) is 10.8. The summed E-state index contributed by atoms with van der Waals surface area (Å²) in [6, 6.07) is 0.351. The quantitative estimate of drug-likeness (QED) is 0.623. The number of hydrogen-bond donors (Lipinski definition) is 2. The molecule has 2 rings (SSSR count). The molecule has 0 aromatic carbocycles. The Morgan fingerprint density at radius 2 is 1.92 bits per heavy atom. The van der Waals surface area contributed by atoms with Crippen molar-refractivity contribution < 1.29 is 4.79 Å². The van der Waals surface area contributed by atoms with Crippen LogP contribution in [0.25, 0.3) is 0 Å². The highest BCUT2D eigenvalue weighted by atomic mass is 35.5. The van der Waals surface area contributed by atoms with Crippen LogP contribution in [0, 0.1) is 17.8 Å². The number of rotatable bonds is 1. The van der Waals surface area contributed by atoms with Crippen molar-refractivity contribution in [2.24, 2.45) is 29.2 Å². The van der Waals surface area contributed by atoms with Crippen LogP contribution in [0.4, 0.5) is 0 Å². The van der Waals surface area contributed by atoms with Crippen LogP contribution in [0.15, 0.2) is 0 Å². The number of amides is 1. The lowest BCUT2D eigenvalue weighted by Crippen LogP contribution is -2.44. The van der Waals surface area contributed by atoms with Crippen molar-refractivity contribution in [3.63, 3.8) is 0 Å². The summed E-state index contributed by atoms with van der Waals surface area (Å²) in [6.45, 7) is 0. The normalized spacial score (nSPS) is 44.1. The lowest BCUT2D eigenvalue weighted by molar-refractivity contribution is -0.121. The molecule has 0 radical (unpaired) electrons. The van der Waals surface area contributed by atoms with E-state index in [1.807, 2.05) is 0 Å². The molecule has 2 fully saturated rings. The van der Waals surface area contributed by atoms with Gasteiger partial charge < -0.3 is 11.5 Å². The van der Waals surface area contributed by atoms with Crippen molar-refractivity contribution in [2.45, 2.75) is 25.3 Å². The van der Waals surface area contributed by atoms with Gasteiger partial charge in [-0.05, 0) is 31.1 Å². The molecule has 0 saturated heterocycles. The van der Waals surface area contributed by atoms with Crippen LogP contribution in [0.2, 0.25) is 0 Å². The Morgan fingerprint density at radius 1 is 1.25 bits per heavy atom. The van der Waals surface area contributed by atoms with E-state index in [0.29, 0.717) is 17.9 Å². The smallest absolute Gasteiger partial charge is 0.220 e. The van der Waals surface area contributed by atoms with Crippen LogP contribution >= 0.6 is 12.4 Å². The van der Waals surface area contributed by atoms with Gasteiger partial charge in [0.15, 0.2) is 0 Å². The first-order chi connectivity index (χ1) is 5.18. The van der Waals surface area contributed by atoms with Gasteiger partial charge in [-0.15, -0.1) is 12.4 Å². The Bertz CT molecular complexity index is 197. The van der Waals surface area contributed by atoms with Crippen LogP contribution in [0.3, 0.4) is 0 Å². The molecular weight excluding hydrogens is 176 g/mol. The van der Waals surface area contributed by atoms with Crippen molar-refractivity contribution >= 4 is 18.3 Å². The van der Waals surface area contributed by atoms with E-state index in [1.54, 1.807) is 0 Å². The fourth-order valence-electron chi connectivity index (χ4n) is 2.51. The van der Waals surface area contributed by atoms with Gasteiger partial charge in [-0.25, -0.2) is 0 Å². The molecule has 0 spiro atoms. The number of halogens is 1. The largest absolute Gasteiger partial charge is 0.369 e. The van der Waals surface area contributed by atoms with Crippen molar-refractivity contribution in [1.29, 1.82) is 0 Å². The SMILES string of the molecule is Cl.NC(=O)C1CC2CC(N)C2C1. The van der Waals surface area contributed by atoms with Gasteiger partial charge in [-0.2, -0.15) is 0 Å². The van der Waals surface area contributed by atoms with E-state index in [2.05, 4.69) is 0 Å². The summed E-state index contributed by atoms with van der Waals surface area (Å²) in [5, 5.41) is 0. The molecule has 0 aliphatic heterocycles. The van der Waals surface area contributed by atoms with E-state index in [9.17, 15) is 4.79 Å². The Morgan fingerprint density at radius 3 is 2.33 bits per heavy atom. The summed E-state index contributed by atoms with van der Waals surface area (Å²) in [5.74, 6) is 1.31. The molecule has 4 N–H and O–H groups in total. The van der Waals surface area contributed by atoms with Crippen molar-refractivity contribution in [2.75, 3.05) is 0 Å². The summed E-state index contributed by atoms with van der Waals surface area (Å²) in [6.07, 6.45) is 3.04. The third-order valence-corrected chi connectivity index (χ3v) is 3.28. The summed E-state index contributed by atoms with van der Waals surface area (Å²) < 4.78 is 0. The number of hydrogen-bond acceptors (Lipinski definition) is 2. The molecule has 0 bridgehead atoms. The molecule has 2 aliphatic carbocycles. The zero-order valence-electron chi connectivity index (χ0n) is 6.90. The Hall–Kier alpha value is -0.280. The molecule has 3 nitrogen and oxygen atoms in total. The lowest BCUT2D eigenvalue weighted by Gasteiger charge is -2.37. The Kier molecular flexibility index (Phi) is 2.64. The molecule has 12 heavy (non-hydrogen) atoms. The zero-order valence-corrected chi connectivity index (χ0v) is 7.72. The second-order valence-corrected chi connectivity index (χ2v) is 3.89. The molecule has 2 aliphatic rings. The molecule has 4 unspecified atom stereocenters. The number of primary amides is 1. The van der Waals surface area contributed by atoms with Gasteiger partial charge in [0.2, 0.25) is 5.91 Å². The minimum Gasteiger partial charge on any atom is -0.369 e. The number of nitrogens with two attached hydrogens (primary N) is 2. The fraction of sp³-hybridized carbons (Fsp3) is 0.875. The predicted molar refractivity (Wildman–Crippen MR) is 48.7 cm³/mol. The van der Waals surface area contributed by atoms with E-state index in [-0.39, 0.29) is 24.2 Å². The molecule has 4 atom stereocenters. The first-order valence-corrected chi connectivity index (χ1v) is 4.23. The molecular formula is C8H15ClN2O. The molecule has 0 aromatic heterocycles. The van der Waals surface area contributed by atoms with Crippen LogP contribution < -0.4 is 11.5 Å². The third kappa shape index (κ3) is 1.31. The first-order valence-electron chi connectivity index (χ1n) is 4.23.